The summed E-state index contributed by atoms with van der Waals surface area (Å²) in [6, 6.07) is 0. The lowest BCUT2D eigenvalue weighted by Gasteiger charge is -2.42. The number of halogens is 1. The minimum Gasteiger partial charge on any atom is -0.396 e. The highest BCUT2D eigenvalue weighted by atomic mass is 19.1. The van der Waals surface area contributed by atoms with Crippen LogP contribution in [0.1, 0.15) is 25.7 Å². The summed E-state index contributed by atoms with van der Waals surface area (Å²) in [6.07, 6.45) is 3.53. The molecule has 0 radical (unpaired) electrons. The van der Waals surface area contributed by atoms with Crippen LogP contribution in [-0.2, 0) is 0 Å². The van der Waals surface area contributed by atoms with Gasteiger partial charge in [0.25, 0.3) is 0 Å². The Kier molecular flexibility index (Phi) is 2.56. The van der Waals surface area contributed by atoms with Crippen LogP contribution < -0.4 is 0 Å². The van der Waals surface area contributed by atoms with Gasteiger partial charge in [0.15, 0.2) is 0 Å². The fourth-order valence-electron chi connectivity index (χ4n) is 2.45. The van der Waals surface area contributed by atoms with Crippen LogP contribution in [0.2, 0.25) is 0 Å². The molecular weight excluding hydrogens is 169 g/mol. The van der Waals surface area contributed by atoms with Gasteiger partial charge in [0.05, 0.1) is 0 Å². The first-order valence-corrected chi connectivity index (χ1v) is 5.21. The van der Waals surface area contributed by atoms with E-state index in [1.165, 1.54) is 6.42 Å². The van der Waals surface area contributed by atoms with E-state index in [0.29, 0.717) is 13.0 Å². The molecule has 1 saturated heterocycles. The molecule has 2 rings (SSSR count). The van der Waals surface area contributed by atoms with Crippen LogP contribution in [0.3, 0.4) is 0 Å². The molecule has 0 bridgehead atoms. The first kappa shape index (κ1) is 9.41. The predicted molar refractivity (Wildman–Crippen MR) is 49.3 cm³/mol. The van der Waals surface area contributed by atoms with Crippen molar-refractivity contribution in [1.29, 1.82) is 0 Å². The van der Waals surface area contributed by atoms with E-state index in [1.807, 2.05) is 0 Å². The van der Waals surface area contributed by atoms with Gasteiger partial charge in [-0.1, -0.05) is 6.42 Å². The fraction of sp³-hybridized carbons (Fsp3) is 1.00. The van der Waals surface area contributed by atoms with Crippen molar-refractivity contribution in [3.05, 3.63) is 0 Å². The number of aliphatic hydroxyl groups excluding tert-OH is 1. The Bertz CT molecular complexity index is 176. The zero-order valence-electron chi connectivity index (χ0n) is 8.01. The van der Waals surface area contributed by atoms with Crippen LogP contribution in [0.15, 0.2) is 0 Å². The lowest BCUT2D eigenvalue weighted by atomic mass is 9.69. The minimum atomic E-state index is -0.629. The summed E-state index contributed by atoms with van der Waals surface area (Å²) in [5.41, 5.74) is 0.129. The van der Waals surface area contributed by atoms with E-state index in [2.05, 4.69) is 4.90 Å². The molecule has 1 atom stereocenters. The van der Waals surface area contributed by atoms with Gasteiger partial charge in [-0.15, -0.1) is 0 Å². The molecule has 2 nitrogen and oxygen atoms in total. The van der Waals surface area contributed by atoms with Crippen molar-refractivity contribution < 1.29 is 9.50 Å². The maximum Gasteiger partial charge on any atom is 0.114 e. The number of hydrogen-bond acceptors (Lipinski definition) is 2. The van der Waals surface area contributed by atoms with Crippen molar-refractivity contribution in [2.75, 3.05) is 26.2 Å². The smallest absolute Gasteiger partial charge is 0.114 e. The third kappa shape index (κ3) is 1.86. The van der Waals surface area contributed by atoms with E-state index in [1.54, 1.807) is 0 Å². The third-order valence-corrected chi connectivity index (χ3v) is 3.52. The van der Waals surface area contributed by atoms with Crippen molar-refractivity contribution in [3.63, 3.8) is 0 Å². The Labute approximate surface area is 78.7 Å². The van der Waals surface area contributed by atoms with Crippen LogP contribution in [0, 0.1) is 5.41 Å². The van der Waals surface area contributed by atoms with Crippen molar-refractivity contribution in [2.24, 2.45) is 5.41 Å². The summed E-state index contributed by atoms with van der Waals surface area (Å²) in [6.45, 7) is 2.65. The molecule has 0 spiro atoms. The summed E-state index contributed by atoms with van der Waals surface area (Å²) in [5.74, 6) is 0. The van der Waals surface area contributed by atoms with Crippen molar-refractivity contribution in [3.8, 4) is 0 Å². The molecular formula is C10H18FNO. The zero-order valence-corrected chi connectivity index (χ0v) is 8.01. The van der Waals surface area contributed by atoms with Gasteiger partial charge < -0.3 is 5.11 Å². The molecule has 1 N–H and O–H groups in total. The number of aliphatic hydroxyl groups is 1. The van der Waals surface area contributed by atoms with Gasteiger partial charge in [-0.25, -0.2) is 4.39 Å². The van der Waals surface area contributed by atoms with E-state index in [-0.39, 0.29) is 12.0 Å². The fourth-order valence-corrected chi connectivity index (χ4v) is 2.45. The van der Waals surface area contributed by atoms with Gasteiger partial charge in [-0.05, 0) is 19.3 Å². The summed E-state index contributed by atoms with van der Waals surface area (Å²) >= 11 is 0. The standard InChI is InChI=1S/C10H18FNO/c11-9-2-5-12(6-9)7-10(8-13)3-1-4-10/h9,13H,1-8H2. The Morgan fingerprint density at radius 2 is 2.23 bits per heavy atom. The number of hydrogen-bond donors (Lipinski definition) is 1. The number of alkyl halides is 1. The van der Waals surface area contributed by atoms with Crippen LogP contribution in [-0.4, -0.2) is 42.4 Å². The number of rotatable bonds is 3. The first-order valence-electron chi connectivity index (χ1n) is 5.21. The number of likely N-dealkylation sites (tertiary alicyclic amines) is 1. The third-order valence-electron chi connectivity index (χ3n) is 3.52. The summed E-state index contributed by atoms with van der Waals surface area (Å²) < 4.78 is 12.9. The molecule has 1 unspecified atom stereocenters. The predicted octanol–water partition coefficient (Wildman–Crippen LogP) is 1.19. The van der Waals surface area contributed by atoms with Crippen LogP contribution in [0.5, 0.6) is 0 Å². The number of nitrogens with zero attached hydrogens (tertiary/aromatic N) is 1. The summed E-state index contributed by atoms with van der Waals surface area (Å²) in [5, 5.41) is 9.24. The SMILES string of the molecule is OCC1(CN2CCC(F)C2)CCC1. The average molecular weight is 187 g/mol. The van der Waals surface area contributed by atoms with Gasteiger partial charge >= 0.3 is 0 Å². The Hall–Kier alpha value is -0.150. The lowest BCUT2D eigenvalue weighted by Crippen LogP contribution is -2.44. The first-order chi connectivity index (χ1) is 6.24. The molecule has 2 fully saturated rings. The highest BCUT2D eigenvalue weighted by Crippen LogP contribution is 2.41. The minimum absolute atomic E-state index is 0.129. The second-order valence-electron chi connectivity index (χ2n) is 4.63. The quantitative estimate of drug-likeness (QED) is 0.717. The average Bonchev–Trinajstić information content (AvgIpc) is 2.44. The molecule has 0 aromatic rings. The van der Waals surface area contributed by atoms with E-state index in [0.717, 1.165) is 25.9 Å². The Balaban J connectivity index is 1.83. The molecule has 1 saturated carbocycles. The Morgan fingerprint density at radius 1 is 1.46 bits per heavy atom. The van der Waals surface area contributed by atoms with Gasteiger partial charge in [-0.2, -0.15) is 0 Å². The molecule has 13 heavy (non-hydrogen) atoms. The van der Waals surface area contributed by atoms with Crippen molar-refractivity contribution >= 4 is 0 Å². The summed E-state index contributed by atoms with van der Waals surface area (Å²) in [4.78, 5) is 2.17. The largest absolute Gasteiger partial charge is 0.396 e. The van der Waals surface area contributed by atoms with E-state index >= 15 is 0 Å². The lowest BCUT2D eigenvalue weighted by molar-refractivity contribution is 0.0127. The van der Waals surface area contributed by atoms with E-state index in [9.17, 15) is 9.50 Å². The van der Waals surface area contributed by atoms with E-state index in [4.69, 9.17) is 0 Å². The van der Waals surface area contributed by atoms with Gasteiger partial charge in [0.2, 0.25) is 0 Å². The van der Waals surface area contributed by atoms with Gasteiger partial charge in [0.1, 0.15) is 6.17 Å². The van der Waals surface area contributed by atoms with Crippen molar-refractivity contribution in [1.82, 2.24) is 4.90 Å². The maximum absolute atomic E-state index is 12.9. The topological polar surface area (TPSA) is 23.5 Å². The van der Waals surface area contributed by atoms with Crippen molar-refractivity contribution in [2.45, 2.75) is 31.9 Å². The molecule has 1 aliphatic heterocycles. The monoisotopic (exact) mass is 187 g/mol. The van der Waals surface area contributed by atoms with Crippen LogP contribution in [0.25, 0.3) is 0 Å². The highest BCUT2D eigenvalue weighted by Gasteiger charge is 2.39. The molecule has 0 amide bonds. The molecule has 1 aliphatic carbocycles. The van der Waals surface area contributed by atoms with Gasteiger partial charge in [-0.3, -0.25) is 4.90 Å². The molecule has 0 aromatic carbocycles. The Morgan fingerprint density at radius 3 is 2.62 bits per heavy atom. The van der Waals surface area contributed by atoms with Gasteiger partial charge in [0, 0.05) is 31.7 Å². The highest BCUT2D eigenvalue weighted by molar-refractivity contribution is 4.91. The molecule has 76 valence electrons. The summed E-state index contributed by atoms with van der Waals surface area (Å²) in [7, 11) is 0. The van der Waals surface area contributed by atoms with E-state index < -0.39 is 6.17 Å². The second-order valence-corrected chi connectivity index (χ2v) is 4.63. The van der Waals surface area contributed by atoms with Crippen LogP contribution in [0.4, 0.5) is 4.39 Å². The normalized spacial score (nSPS) is 33.2. The second kappa shape index (κ2) is 3.54. The molecule has 3 heteroatoms. The molecule has 0 aromatic heterocycles. The molecule has 1 heterocycles. The molecule has 2 aliphatic rings. The maximum atomic E-state index is 12.9. The van der Waals surface area contributed by atoms with Crippen LogP contribution >= 0.6 is 0 Å². The zero-order chi connectivity index (χ0) is 9.31.